The number of nitrogens with zero attached hydrogens (tertiary/aromatic N) is 5. The Bertz CT molecular complexity index is 540. The smallest absolute Gasteiger partial charge is 0.263 e. The number of hydrogen-bond acceptors (Lipinski definition) is 5. The van der Waals surface area contributed by atoms with Gasteiger partial charge in [0.15, 0.2) is 0 Å². The first-order chi connectivity index (χ1) is 8.25. The van der Waals surface area contributed by atoms with Crippen LogP contribution >= 0.6 is 0 Å². The topological polar surface area (TPSA) is 82.0 Å². The van der Waals surface area contributed by atoms with Gasteiger partial charge in [-0.3, -0.25) is 0 Å². The minimum atomic E-state index is 0.164. The first-order valence-corrected chi connectivity index (χ1v) is 5.08. The van der Waals surface area contributed by atoms with Crippen LogP contribution in [-0.2, 0) is 0 Å². The van der Waals surface area contributed by atoms with Gasteiger partial charge in [-0.1, -0.05) is 46.3 Å². The zero-order chi connectivity index (χ0) is 12.1. The van der Waals surface area contributed by atoms with E-state index in [0.717, 1.165) is 11.3 Å². The fraction of sp³-hybridized carbons (Fsp3) is 0.0909. The van der Waals surface area contributed by atoms with E-state index >= 15 is 0 Å². The molecule has 86 valence electrons. The maximum atomic E-state index is 5.49. The van der Waals surface area contributed by atoms with Crippen LogP contribution in [0.3, 0.4) is 0 Å². The number of nitrogen functional groups attached to an aromatic ring is 1. The van der Waals surface area contributed by atoms with Crippen molar-refractivity contribution in [1.82, 2.24) is 20.3 Å². The summed E-state index contributed by atoms with van der Waals surface area (Å²) in [5, 5.41) is 14.7. The fourth-order valence-corrected chi connectivity index (χ4v) is 1.22. The lowest BCUT2D eigenvalue weighted by molar-refractivity contribution is 0.697. The summed E-state index contributed by atoms with van der Waals surface area (Å²) in [4.78, 5) is 1.19. The van der Waals surface area contributed by atoms with E-state index in [9.17, 15) is 0 Å². The Hall–Kier alpha value is -2.50. The molecule has 0 aliphatic heterocycles. The van der Waals surface area contributed by atoms with Crippen molar-refractivity contribution in [3.05, 3.63) is 42.0 Å². The van der Waals surface area contributed by atoms with Crippen LogP contribution < -0.4 is 5.73 Å². The highest BCUT2D eigenvalue weighted by atomic mass is 15.7. The maximum Gasteiger partial charge on any atom is 0.263 e. The minimum absolute atomic E-state index is 0.164. The third-order valence-corrected chi connectivity index (χ3v) is 2.05. The highest BCUT2D eigenvalue weighted by Crippen LogP contribution is 2.01. The molecule has 2 aromatic rings. The van der Waals surface area contributed by atoms with Gasteiger partial charge in [0.25, 0.3) is 5.95 Å². The van der Waals surface area contributed by atoms with Crippen LogP contribution in [0.1, 0.15) is 12.5 Å². The maximum absolute atomic E-state index is 5.49. The summed E-state index contributed by atoms with van der Waals surface area (Å²) < 4.78 is 0. The minimum Gasteiger partial charge on any atom is -0.365 e. The van der Waals surface area contributed by atoms with Crippen LogP contribution in [0.4, 0.5) is 5.95 Å². The van der Waals surface area contributed by atoms with Gasteiger partial charge >= 0.3 is 0 Å². The van der Waals surface area contributed by atoms with E-state index in [2.05, 4.69) is 20.6 Å². The van der Waals surface area contributed by atoms with Crippen molar-refractivity contribution in [2.75, 3.05) is 5.73 Å². The summed E-state index contributed by atoms with van der Waals surface area (Å²) in [6.45, 7) is 1.85. The van der Waals surface area contributed by atoms with Crippen molar-refractivity contribution >= 4 is 17.7 Å². The zero-order valence-corrected chi connectivity index (χ0v) is 9.35. The summed E-state index contributed by atoms with van der Waals surface area (Å²) in [5.74, 6) is 0.164. The quantitative estimate of drug-likeness (QED) is 0.800. The lowest BCUT2D eigenvalue weighted by atomic mass is 10.2. The second kappa shape index (κ2) is 5.02. The first kappa shape index (κ1) is 11.0. The Kier molecular flexibility index (Phi) is 3.25. The molecule has 0 atom stereocenters. The standard InChI is InChI=1S/C11H12N6/c1-9(14-17-11(12)13-15-16-17)7-8-10-5-3-2-4-6-10/h2-8H,1H3,(H2,12,13,16). The lowest BCUT2D eigenvalue weighted by Gasteiger charge is -1.94. The van der Waals surface area contributed by atoms with E-state index in [4.69, 9.17) is 5.73 Å². The molecule has 0 fully saturated rings. The van der Waals surface area contributed by atoms with Gasteiger partial charge in [-0.25, -0.2) is 0 Å². The molecule has 6 heteroatoms. The first-order valence-electron chi connectivity index (χ1n) is 5.08. The molecule has 0 aliphatic rings. The molecule has 0 bridgehead atoms. The molecular weight excluding hydrogens is 216 g/mol. The SMILES string of the molecule is CC(C=Cc1ccccc1)=Nn1nnnc1N. The highest BCUT2D eigenvalue weighted by molar-refractivity contribution is 5.96. The Balaban J connectivity index is 2.12. The average Bonchev–Trinajstić information content (AvgIpc) is 2.74. The molecule has 2 rings (SSSR count). The molecule has 2 N–H and O–H groups in total. The molecule has 6 nitrogen and oxygen atoms in total. The lowest BCUT2D eigenvalue weighted by Crippen LogP contribution is -2.01. The Labute approximate surface area is 98.4 Å². The predicted octanol–water partition coefficient (Wildman–Crippen LogP) is 1.19. The Morgan fingerprint density at radius 3 is 2.76 bits per heavy atom. The predicted molar refractivity (Wildman–Crippen MR) is 66.2 cm³/mol. The van der Waals surface area contributed by atoms with Crippen molar-refractivity contribution in [2.45, 2.75) is 6.92 Å². The Morgan fingerprint density at radius 2 is 2.12 bits per heavy atom. The number of aromatic nitrogens is 4. The van der Waals surface area contributed by atoms with Crippen molar-refractivity contribution in [3.8, 4) is 0 Å². The second-order valence-electron chi connectivity index (χ2n) is 3.41. The molecule has 0 saturated carbocycles. The van der Waals surface area contributed by atoms with E-state index in [1.807, 2.05) is 49.4 Å². The number of hydrogen-bond donors (Lipinski definition) is 1. The van der Waals surface area contributed by atoms with Crippen LogP contribution in [0, 0.1) is 0 Å². The summed E-state index contributed by atoms with van der Waals surface area (Å²) in [6, 6.07) is 9.95. The van der Waals surface area contributed by atoms with Gasteiger partial charge in [-0.15, -0.1) is 0 Å². The van der Waals surface area contributed by atoms with Gasteiger partial charge in [0, 0.05) is 0 Å². The Morgan fingerprint density at radius 1 is 1.35 bits per heavy atom. The average molecular weight is 228 g/mol. The van der Waals surface area contributed by atoms with Gasteiger partial charge < -0.3 is 5.73 Å². The molecular formula is C11H12N6. The van der Waals surface area contributed by atoms with Gasteiger partial charge in [0.1, 0.15) is 0 Å². The summed E-state index contributed by atoms with van der Waals surface area (Å²) in [5.41, 5.74) is 7.35. The van der Waals surface area contributed by atoms with Crippen LogP contribution in [0.5, 0.6) is 0 Å². The summed E-state index contributed by atoms with van der Waals surface area (Å²) in [7, 11) is 0. The van der Waals surface area contributed by atoms with Crippen molar-refractivity contribution < 1.29 is 0 Å². The largest absolute Gasteiger partial charge is 0.365 e. The molecule has 1 aromatic carbocycles. The van der Waals surface area contributed by atoms with Crippen LogP contribution in [0.15, 0.2) is 41.5 Å². The monoisotopic (exact) mass is 228 g/mol. The van der Waals surface area contributed by atoms with Crippen LogP contribution in [-0.4, -0.2) is 26.0 Å². The zero-order valence-electron chi connectivity index (χ0n) is 9.35. The molecule has 1 heterocycles. The summed E-state index contributed by atoms with van der Waals surface area (Å²) >= 11 is 0. The molecule has 0 unspecified atom stereocenters. The van der Waals surface area contributed by atoms with E-state index < -0.39 is 0 Å². The normalized spacial score (nSPS) is 12.2. The molecule has 0 aliphatic carbocycles. The van der Waals surface area contributed by atoms with E-state index in [0.29, 0.717) is 0 Å². The van der Waals surface area contributed by atoms with E-state index in [1.165, 1.54) is 4.79 Å². The number of nitrogens with two attached hydrogens (primary N) is 1. The van der Waals surface area contributed by atoms with Crippen molar-refractivity contribution in [2.24, 2.45) is 5.10 Å². The van der Waals surface area contributed by atoms with Crippen LogP contribution in [0.2, 0.25) is 0 Å². The number of anilines is 1. The van der Waals surface area contributed by atoms with Gasteiger partial charge in [-0.05, 0) is 29.0 Å². The number of tetrazole rings is 1. The third kappa shape index (κ3) is 2.97. The molecule has 0 amide bonds. The number of rotatable bonds is 3. The number of benzene rings is 1. The van der Waals surface area contributed by atoms with Crippen LogP contribution in [0.25, 0.3) is 6.08 Å². The molecule has 1 aromatic heterocycles. The number of allylic oxidation sites excluding steroid dienone is 1. The van der Waals surface area contributed by atoms with Gasteiger partial charge in [0.2, 0.25) is 0 Å². The van der Waals surface area contributed by atoms with Crippen molar-refractivity contribution in [3.63, 3.8) is 0 Å². The van der Waals surface area contributed by atoms with Gasteiger partial charge in [-0.2, -0.15) is 5.10 Å². The van der Waals surface area contributed by atoms with E-state index in [-0.39, 0.29) is 5.95 Å². The summed E-state index contributed by atoms with van der Waals surface area (Å²) in [6.07, 6.45) is 3.83. The molecule has 0 radical (unpaired) electrons. The van der Waals surface area contributed by atoms with E-state index in [1.54, 1.807) is 0 Å². The fourth-order valence-electron chi connectivity index (χ4n) is 1.22. The molecule has 0 saturated heterocycles. The highest BCUT2D eigenvalue weighted by Gasteiger charge is 1.97. The van der Waals surface area contributed by atoms with Crippen molar-refractivity contribution in [1.29, 1.82) is 0 Å². The van der Waals surface area contributed by atoms with Gasteiger partial charge in [0.05, 0.1) is 5.71 Å². The third-order valence-electron chi connectivity index (χ3n) is 2.05. The molecule has 0 spiro atoms. The molecule has 17 heavy (non-hydrogen) atoms. The second-order valence-corrected chi connectivity index (χ2v) is 3.41.